The number of hydrogen-bond acceptors (Lipinski definition) is 5. The molecule has 5 nitrogen and oxygen atoms in total. The first-order valence-corrected chi connectivity index (χ1v) is 7.10. The zero-order valence-electron chi connectivity index (χ0n) is 11.6. The third-order valence-electron chi connectivity index (χ3n) is 3.69. The summed E-state index contributed by atoms with van der Waals surface area (Å²) >= 11 is 0. The Hall–Kier alpha value is -2.04. The van der Waals surface area contributed by atoms with Gasteiger partial charge in [0.1, 0.15) is 5.75 Å². The first-order chi connectivity index (χ1) is 9.85. The molecular formula is C15H19N3O2. The van der Waals surface area contributed by atoms with Gasteiger partial charge >= 0.3 is 6.01 Å². The SMILES string of the molecule is COc1cccc(-c2noc(NC3CCCCC3)n2)c1. The molecule has 5 heteroatoms. The molecule has 1 N–H and O–H groups in total. The number of anilines is 1. The summed E-state index contributed by atoms with van der Waals surface area (Å²) in [6, 6.07) is 8.62. The van der Waals surface area contributed by atoms with Crippen LogP contribution in [0.5, 0.6) is 5.75 Å². The van der Waals surface area contributed by atoms with Crippen LogP contribution in [0.3, 0.4) is 0 Å². The molecule has 1 heterocycles. The monoisotopic (exact) mass is 273 g/mol. The highest BCUT2D eigenvalue weighted by Crippen LogP contribution is 2.24. The zero-order valence-corrected chi connectivity index (χ0v) is 11.6. The number of aromatic nitrogens is 2. The van der Waals surface area contributed by atoms with Gasteiger partial charge in [-0.1, -0.05) is 36.6 Å². The molecule has 1 aliphatic carbocycles. The van der Waals surface area contributed by atoms with E-state index in [1.165, 1.54) is 32.1 Å². The minimum Gasteiger partial charge on any atom is -0.497 e. The maximum atomic E-state index is 5.28. The molecule has 0 atom stereocenters. The molecule has 1 aromatic heterocycles. The summed E-state index contributed by atoms with van der Waals surface area (Å²) in [6.07, 6.45) is 6.23. The van der Waals surface area contributed by atoms with Gasteiger partial charge in [-0.25, -0.2) is 0 Å². The van der Waals surface area contributed by atoms with Crippen LogP contribution in [0.4, 0.5) is 6.01 Å². The van der Waals surface area contributed by atoms with Crippen LogP contribution in [-0.4, -0.2) is 23.3 Å². The van der Waals surface area contributed by atoms with Gasteiger partial charge in [-0.15, -0.1) is 0 Å². The summed E-state index contributed by atoms with van der Waals surface area (Å²) in [4.78, 5) is 4.41. The molecule has 0 saturated heterocycles. The van der Waals surface area contributed by atoms with Crippen LogP contribution < -0.4 is 10.1 Å². The average molecular weight is 273 g/mol. The second kappa shape index (κ2) is 5.94. The molecule has 2 aromatic rings. The van der Waals surface area contributed by atoms with Crippen LogP contribution in [0.1, 0.15) is 32.1 Å². The molecule has 20 heavy (non-hydrogen) atoms. The van der Waals surface area contributed by atoms with E-state index in [4.69, 9.17) is 9.26 Å². The number of rotatable bonds is 4. The van der Waals surface area contributed by atoms with E-state index in [0.717, 1.165) is 11.3 Å². The Morgan fingerprint density at radius 1 is 1.25 bits per heavy atom. The van der Waals surface area contributed by atoms with Gasteiger partial charge in [-0.3, -0.25) is 0 Å². The van der Waals surface area contributed by atoms with E-state index in [1.54, 1.807) is 7.11 Å². The van der Waals surface area contributed by atoms with Crippen molar-refractivity contribution in [1.82, 2.24) is 10.1 Å². The third-order valence-corrected chi connectivity index (χ3v) is 3.69. The number of nitrogens with zero attached hydrogens (tertiary/aromatic N) is 2. The van der Waals surface area contributed by atoms with Crippen molar-refractivity contribution in [2.45, 2.75) is 38.1 Å². The minimum absolute atomic E-state index is 0.461. The summed E-state index contributed by atoms with van der Waals surface area (Å²) < 4.78 is 10.5. The molecule has 0 aliphatic heterocycles. The summed E-state index contributed by atoms with van der Waals surface area (Å²) in [6.45, 7) is 0. The molecule has 0 amide bonds. The maximum absolute atomic E-state index is 5.28. The molecule has 1 aromatic carbocycles. The van der Waals surface area contributed by atoms with Crippen molar-refractivity contribution < 1.29 is 9.26 Å². The van der Waals surface area contributed by atoms with Crippen molar-refractivity contribution in [1.29, 1.82) is 0 Å². The quantitative estimate of drug-likeness (QED) is 0.924. The van der Waals surface area contributed by atoms with E-state index >= 15 is 0 Å². The van der Waals surface area contributed by atoms with E-state index in [1.807, 2.05) is 24.3 Å². The molecule has 1 saturated carbocycles. The van der Waals surface area contributed by atoms with Gasteiger partial charge in [0.2, 0.25) is 5.82 Å². The highest BCUT2D eigenvalue weighted by Gasteiger charge is 2.16. The van der Waals surface area contributed by atoms with E-state index in [9.17, 15) is 0 Å². The third kappa shape index (κ3) is 2.92. The summed E-state index contributed by atoms with van der Waals surface area (Å²) in [7, 11) is 1.64. The van der Waals surface area contributed by atoms with Crippen molar-refractivity contribution in [2.24, 2.45) is 0 Å². The van der Waals surface area contributed by atoms with Crippen LogP contribution in [0.2, 0.25) is 0 Å². The smallest absolute Gasteiger partial charge is 0.322 e. The minimum atomic E-state index is 0.461. The second-order valence-electron chi connectivity index (χ2n) is 5.13. The predicted octanol–water partition coefficient (Wildman–Crippen LogP) is 3.49. The van der Waals surface area contributed by atoms with Crippen LogP contribution in [0.25, 0.3) is 11.4 Å². The Bertz CT molecular complexity index is 562. The van der Waals surface area contributed by atoms with E-state index in [2.05, 4.69) is 15.5 Å². The van der Waals surface area contributed by atoms with Crippen molar-refractivity contribution in [3.63, 3.8) is 0 Å². The zero-order chi connectivity index (χ0) is 13.8. The van der Waals surface area contributed by atoms with E-state index < -0.39 is 0 Å². The Kier molecular flexibility index (Phi) is 3.85. The number of ether oxygens (including phenoxy) is 1. The highest BCUT2D eigenvalue weighted by molar-refractivity contribution is 5.57. The summed E-state index contributed by atoms with van der Waals surface area (Å²) in [5.41, 5.74) is 0.893. The van der Waals surface area contributed by atoms with Crippen molar-refractivity contribution >= 4 is 6.01 Å². The predicted molar refractivity (Wildman–Crippen MR) is 76.8 cm³/mol. The Morgan fingerprint density at radius 2 is 2.10 bits per heavy atom. The fourth-order valence-corrected chi connectivity index (χ4v) is 2.58. The molecule has 0 unspecified atom stereocenters. The van der Waals surface area contributed by atoms with E-state index in [-0.39, 0.29) is 0 Å². The van der Waals surface area contributed by atoms with Crippen LogP contribution in [-0.2, 0) is 0 Å². The molecule has 106 valence electrons. The molecule has 1 fully saturated rings. The van der Waals surface area contributed by atoms with Gasteiger partial charge in [-0.05, 0) is 25.0 Å². The van der Waals surface area contributed by atoms with Crippen LogP contribution >= 0.6 is 0 Å². The maximum Gasteiger partial charge on any atom is 0.322 e. The van der Waals surface area contributed by atoms with Crippen molar-refractivity contribution in [3.05, 3.63) is 24.3 Å². The van der Waals surface area contributed by atoms with Crippen molar-refractivity contribution in [3.8, 4) is 17.1 Å². The lowest BCUT2D eigenvalue weighted by atomic mass is 9.96. The molecule has 3 rings (SSSR count). The Morgan fingerprint density at radius 3 is 2.90 bits per heavy atom. The standard InChI is InChI=1S/C15H19N3O2/c1-19-13-9-5-6-11(10-13)14-17-15(20-18-14)16-12-7-3-2-4-8-12/h5-6,9-10,12H,2-4,7-8H2,1H3,(H,16,17,18). The lowest BCUT2D eigenvalue weighted by molar-refractivity contribution is 0.407. The summed E-state index contributed by atoms with van der Waals surface area (Å²) in [5.74, 6) is 1.37. The van der Waals surface area contributed by atoms with Gasteiger partial charge in [0.25, 0.3) is 0 Å². The number of methoxy groups -OCH3 is 1. The molecule has 0 spiro atoms. The van der Waals surface area contributed by atoms with Crippen LogP contribution in [0.15, 0.2) is 28.8 Å². The normalized spacial score (nSPS) is 16.1. The van der Waals surface area contributed by atoms with E-state index in [0.29, 0.717) is 17.9 Å². The molecule has 1 aliphatic rings. The second-order valence-corrected chi connectivity index (χ2v) is 5.13. The number of benzene rings is 1. The molecule has 0 radical (unpaired) electrons. The average Bonchev–Trinajstić information content (AvgIpc) is 2.97. The topological polar surface area (TPSA) is 60.2 Å². The van der Waals surface area contributed by atoms with Crippen molar-refractivity contribution in [2.75, 3.05) is 12.4 Å². The highest BCUT2D eigenvalue weighted by atomic mass is 16.5. The number of hydrogen-bond donors (Lipinski definition) is 1. The van der Waals surface area contributed by atoms with Gasteiger partial charge in [-0.2, -0.15) is 4.98 Å². The first kappa shape index (κ1) is 13.0. The van der Waals surface area contributed by atoms with Crippen LogP contribution in [0, 0.1) is 0 Å². The number of nitrogens with one attached hydrogen (secondary N) is 1. The summed E-state index contributed by atoms with van der Waals surface area (Å²) in [5, 5.41) is 7.35. The fraction of sp³-hybridized carbons (Fsp3) is 0.467. The van der Waals surface area contributed by atoms with Gasteiger partial charge in [0.15, 0.2) is 0 Å². The fourth-order valence-electron chi connectivity index (χ4n) is 2.58. The van der Waals surface area contributed by atoms with Gasteiger partial charge < -0.3 is 14.6 Å². The first-order valence-electron chi connectivity index (χ1n) is 7.10. The molecule has 0 bridgehead atoms. The largest absolute Gasteiger partial charge is 0.497 e. The lowest BCUT2D eigenvalue weighted by Crippen LogP contribution is -2.22. The molecular weight excluding hydrogens is 254 g/mol. The Labute approximate surface area is 118 Å². The van der Waals surface area contributed by atoms with Gasteiger partial charge in [0, 0.05) is 11.6 Å². The van der Waals surface area contributed by atoms with Gasteiger partial charge in [0.05, 0.1) is 7.11 Å². The Balaban J connectivity index is 1.72. The lowest BCUT2D eigenvalue weighted by Gasteiger charge is -2.21.